The highest BCUT2D eigenvalue weighted by molar-refractivity contribution is 6.15. The first-order chi connectivity index (χ1) is 28.9. The molecule has 0 saturated heterocycles. The van der Waals surface area contributed by atoms with Gasteiger partial charge in [-0.25, -0.2) is 0 Å². The van der Waals surface area contributed by atoms with Crippen molar-refractivity contribution in [1.82, 2.24) is 0 Å². The molecule has 0 amide bonds. The van der Waals surface area contributed by atoms with Gasteiger partial charge in [0.2, 0.25) is 0 Å². The van der Waals surface area contributed by atoms with Crippen LogP contribution < -0.4 is 4.90 Å². The lowest BCUT2D eigenvalue weighted by molar-refractivity contribution is 0.670. The fourth-order valence-corrected chi connectivity index (χ4v) is 7.56. The summed E-state index contributed by atoms with van der Waals surface area (Å²) in [6.45, 7) is 0. The smallest absolute Gasteiger partial charge is 0.159 e. The Hall–Kier alpha value is -7.16. The van der Waals surface area contributed by atoms with Gasteiger partial charge in [-0.3, -0.25) is 0 Å². The van der Waals surface area contributed by atoms with E-state index < -0.39 is 6.04 Å². The summed E-state index contributed by atoms with van der Waals surface area (Å²) in [5.41, 5.74) is 11.2. The number of hydrogen-bond acceptors (Lipinski definition) is 2. The Bertz CT molecular complexity index is 3160. The van der Waals surface area contributed by atoms with Crippen molar-refractivity contribution < 1.29 is 11.3 Å². The number of para-hydroxylation sites is 1. The number of nitrogens with zero attached hydrogens (tertiary/aromatic N) is 1. The van der Waals surface area contributed by atoms with E-state index in [1.807, 2.05) is 48.5 Å². The van der Waals surface area contributed by atoms with Crippen LogP contribution in [-0.4, -0.2) is 0 Å². The summed E-state index contributed by atoms with van der Waals surface area (Å²) in [7, 11) is 0. The number of fused-ring (bicyclic) bond motifs is 4. The van der Waals surface area contributed by atoms with E-state index in [1.54, 1.807) is 0 Å². The highest BCUT2D eigenvalue weighted by Crippen LogP contribution is 2.46. The number of benzene rings is 9. The summed E-state index contributed by atoms with van der Waals surface area (Å²) in [6, 6.07) is 60.5. The molecule has 10 aromatic rings. The van der Waals surface area contributed by atoms with Crippen molar-refractivity contribution in [2.24, 2.45) is 0 Å². The van der Waals surface area contributed by atoms with Crippen LogP contribution in [0.25, 0.3) is 77.2 Å². The summed E-state index contributed by atoms with van der Waals surface area (Å²) in [5, 5.41) is 4.33. The van der Waals surface area contributed by atoms with Gasteiger partial charge >= 0.3 is 0 Å². The quantitative estimate of drug-likeness (QED) is 0.165. The van der Waals surface area contributed by atoms with E-state index in [9.17, 15) is 0 Å². The fourth-order valence-electron chi connectivity index (χ4n) is 7.56. The molecule has 0 N–H and O–H groups in total. The zero-order chi connectivity index (χ0) is 40.2. The van der Waals surface area contributed by atoms with Crippen molar-refractivity contribution in [3.8, 4) is 44.5 Å². The van der Waals surface area contributed by atoms with Gasteiger partial charge in [0.25, 0.3) is 0 Å². The SMILES string of the molecule is [2H]c1c([2H])c([2H])c(-c2ccc(N(c3ccc(-c4cccc5ccccc45)cc3)c3cccc4c3oc3c(-c5ccccc5)cc(-c5ccccc5)cc34)cc2)c([2H])c1[2H]. The minimum absolute atomic E-state index is 0.163. The topological polar surface area (TPSA) is 16.4 Å². The molecule has 1 heterocycles. The molecule has 0 unspecified atom stereocenters. The van der Waals surface area contributed by atoms with Gasteiger partial charge in [0, 0.05) is 27.7 Å². The molecule has 9 aromatic carbocycles. The van der Waals surface area contributed by atoms with Gasteiger partial charge in [-0.15, -0.1) is 0 Å². The third-order valence-corrected chi connectivity index (χ3v) is 10.2. The first-order valence-electron chi connectivity index (χ1n) is 20.5. The Morgan fingerprint density at radius 1 is 0.370 bits per heavy atom. The second kappa shape index (κ2) is 13.4. The lowest BCUT2D eigenvalue weighted by atomic mass is 9.95. The van der Waals surface area contributed by atoms with Crippen molar-refractivity contribution in [2.75, 3.05) is 4.90 Å². The average molecular weight is 695 g/mol. The molecule has 0 bridgehead atoms. The Kier molecular flexibility index (Phi) is 6.61. The maximum atomic E-state index is 8.62. The number of hydrogen-bond donors (Lipinski definition) is 0. The molecule has 54 heavy (non-hydrogen) atoms. The molecule has 0 fully saturated rings. The minimum Gasteiger partial charge on any atom is -0.453 e. The van der Waals surface area contributed by atoms with Crippen LogP contribution in [0, 0.1) is 0 Å². The maximum Gasteiger partial charge on any atom is 0.159 e. The molecule has 0 aliphatic carbocycles. The van der Waals surface area contributed by atoms with Gasteiger partial charge in [0.05, 0.1) is 12.5 Å². The second-order valence-corrected chi connectivity index (χ2v) is 13.3. The summed E-state index contributed by atoms with van der Waals surface area (Å²) in [4.78, 5) is 2.16. The largest absolute Gasteiger partial charge is 0.453 e. The molecule has 0 radical (unpaired) electrons. The van der Waals surface area contributed by atoms with Crippen LogP contribution in [-0.2, 0) is 0 Å². The standard InChI is InChI=1S/C52H35NO/c1-4-14-36(15-5-1)38-26-30-43(31-27-38)53(44-32-28-41(29-33-44)46-23-12-21-39-20-10-11-22-45(39)46)50-25-13-24-47-49-35-42(37-16-6-2-7-17-37)34-48(51(49)54-52(47)50)40-18-8-3-9-19-40/h1-35H/i1D,4D,5D,14D,15D. The number of furan rings is 1. The molecule has 10 rings (SSSR count). The van der Waals surface area contributed by atoms with E-state index in [2.05, 4.69) is 138 Å². The summed E-state index contributed by atoms with van der Waals surface area (Å²) in [5.74, 6) is 0. The van der Waals surface area contributed by atoms with E-state index in [4.69, 9.17) is 11.3 Å². The fraction of sp³-hybridized carbons (Fsp3) is 0. The van der Waals surface area contributed by atoms with Gasteiger partial charge in [-0.1, -0.05) is 170 Å². The molecule has 0 atom stereocenters. The monoisotopic (exact) mass is 694 g/mol. The molecule has 254 valence electrons. The highest BCUT2D eigenvalue weighted by Gasteiger charge is 2.22. The molecule has 0 aliphatic heterocycles. The predicted octanol–water partition coefficient (Wildman–Crippen LogP) is 14.9. The molecule has 0 spiro atoms. The van der Waals surface area contributed by atoms with E-state index in [-0.39, 0.29) is 29.7 Å². The van der Waals surface area contributed by atoms with Crippen molar-refractivity contribution in [3.05, 3.63) is 212 Å². The van der Waals surface area contributed by atoms with E-state index in [0.29, 0.717) is 5.56 Å². The highest BCUT2D eigenvalue weighted by atomic mass is 16.3. The van der Waals surface area contributed by atoms with Crippen LogP contribution >= 0.6 is 0 Å². The third-order valence-electron chi connectivity index (χ3n) is 10.2. The van der Waals surface area contributed by atoms with Gasteiger partial charge < -0.3 is 9.32 Å². The Labute approximate surface area is 321 Å². The van der Waals surface area contributed by atoms with Crippen LogP contribution in [0.4, 0.5) is 17.1 Å². The zero-order valence-electron chi connectivity index (χ0n) is 34.2. The lowest BCUT2D eigenvalue weighted by Crippen LogP contribution is -2.10. The lowest BCUT2D eigenvalue weighted by Gasteiger charge is -2.26. The molecular weight excluding hydrogens is 655 g/mol. The van der Waals surface area contributed by atoms with Crippen LogP contribution in [0.3, 0.4) is 0 Å². The second-order valence-electron chi connectivity index (χ2n) is 13.3. The number of anilines is 3. The Morgan fingerprint density at radius 2 is 0.944 bits per heavy atom. The minimum atomic E-state index is -0.413. The van der Waals surface area contributed by atoms with Gasteiger partial charge in [-0.2, -0.15) is 0 Å². The van der Waals surface area contributed by atoms with Gasteiger partial charge in [0.1, 0.15) is 5.58 Å². The summed E-state index contributed by atoms with van der Waals surface area (Å²) in [6.07, 6.45) is 0. The van der Waals surface area contributed by atoms with E-state index >= 15 is 0 Å². The van der Waals surface area contributed by atoms with Crippen LogP contribution in [0.1, 0.15) is 6.85 Å². The number of rotatable bonds is 7. The first-order valence-corrected chi connectivity index (χ1v) is 18.0. The first kappa shape index (κ1) is 26.6. The molecule has 2 nitrogen and oxygen atoms in total. The molecule has 0 saturated carbocycles. The maximum absolute atomic E-state index is 8.62. The summed E-state index contributed by atoms with van der Waals surface area (Å²) >= 11 is 0. The molecule has 2 heteroatoms. The predicted molar refractivity (Wildman–Crippen MR) is 228 cm³/mol. The van der Waals surface area contributed by atoms with E-state index in [0.717, 1.165) is 72.4 Å². The van der Waals surface area contributed by atoms with Crippen molar-refractivity contribution in [1.29, 1.82) is 0 Å². The van der Waals surface area contributed by atoms with Crippen molar-refractivity contribution in [2.45, 2.75) is 0 Å². The average Bonchev–Trinajstić information content (AvgIpc) is 3.68. The molecule has 0 aliphatic rings. The van der Waals surface area contributed by atoms with Crippen LogP contribution in [0.15, 0.2) is 217 Å². The Morgan fingerprint density at radius 3 is 1.69 bits per heavy atom. The third kappa shape index (κ3) is 5.62. The van der Waals surface area contributed by atoms with Gasteiger partial charge in [-0.05, 0) is 92.2 Å². The van der Waals surface area contributed by atoms with Crippen molar-refractivity contribution in [3.63, 3.8) is 0 Å². The van der Waals surface area contributed by atoms with Crippen LogP contribution in [0.5, 0.6) is 0 Å². The van der Waals surface area contributed by atoms with Crippen LogP contribution in [0.2, 0.25) is 0 Å². The normalized spacial score (nSPS) is 12.6. The van der Waals surface area contributed by atoms with Gasteiger partial charge in [0.15, 0.2) is 5.58 Å². The zero-order valence-corrected chi connectivity index (χ0v) is 29.2. The Balaban J connectivity index is 1.18. The molecule has 1 aromatic heterocycles. The molecular formula is C52H35NO. The summed E-state index contributed by atoms with van der Waals surface area (Å²) < 4.78 is 48.9. The van der Waals surface area contributed by atoms with E-state index in [1.165, 1.54) is 10.8 Å². The van der Waals surface area contributed by atoms with Crippen molar-refractivity contribution >= 4 is 49.8 Å².